The summed E-state index contributed by atoms with van der Waals surface area (Å²) < 4.78 is 5.62. The number of hydrogen-bond donors (Lipinski definition) is 1. The van der Waals surface area contributed by atoms with Crippen molar-refractivity contribution >= 4 is 39.8 Å². The first-order valence-corrected chi connectivity index (χ1v) is 11.7. The van der Waals surface area contributed by atoms with Gasteiger partial charge in [-0.1, -0.05) is 71.7 Å². The van der Waals surface area contributed by atoms with Gasteiger partial charge in [0.25, 0.3) is 0 Å². The average molecular weight is 463 g/mol. The lowest BCUT2D eigenvalue weighted by Crippen LogP contribution is -2.21. The predicted molar refractivity (Wildman–Crippen MR) is 133 cm³/mol. The van der Waals surface area contributed by atoms with Crippen molar-refractivity contribution in [3.05, 3.63) is 105 Å². The summed E-state index contributed by atoms with van der Waals surface area (Å²) in [6, 6.07) is 23.1. The van der Waals surface area contributed by atoms with Gasteiger partial charge in [-0.2, -0.15) is 0 Å². The molecule has 0 fully saturated rings. The van der Waals surface area contributed by atoms with Crippen LogP contribution in [-0.4, -0.2) is 18.1 Å². The Labute approximate surface area is 198 Å². The highest BCUT2D eigenvalue weighted by Crippen LogP contribution is 2.38. The van der Waals surface area contributed by atoms with E-state index in [-0.39, 0.29) is 5.92 Å². The van der Waals surface area contributed by atoms with E-state index in [0.29, 0.717) is 23.3 Å². The minimum Gasteiger partial charge on any atom is -0.383 e. The van der Waals surface area contributed by atoms with Crippen molar-refractivity contribution in [3.63, 3.8) is 0 Å². The van der Waals surface area contributed by atoms with Gasteiger partial charge in [0.15, 0.2) is 0 Å². The van der Waals surface area contributed by atoms with Crippen LogP contribution in [0.25, 0.3) is 10.9 Å². The van der Waals surface area contributed by atoms with Crippen molar-refractivity contribution < 1.29 is 4.74 Å². The van der Waals surface area contributed by atoms with Crippen molar-refractivity contribution in [1.29, 1.82) is 0 Å². The molecule has 1 aliphatic rings. The lowest BCUT2D eigenvalue weighted by Gasteiger charge is -2.29. The number of anilines is 1. The minimum atomic E-state index is 0.251. The topological polar surface area (TPSA) is 34.1 Å². The molecule has 162 valence electrons. The Hall–Kier alpha value is -2.59. The second-order valence-corrected chi connectivity index (χ2v) is 8.93. The molecule has 1 heterocycles. The van der Waals surface area contributed by atoms with Crippen LogP contribution in [0.1, 0.15) is 40.8 Å². The Bertz CT molecular complexity index is 1240. The molecule has 32 heavy (non-hydrogen) atoms. The molecule has 3 aromatic carbocycles. The lowest BCUT2D eigenvalue weighted by molar-refractivity contribution is 0.131. The fourth-order valence-electron chi connectivity index (χ4n) is 4.64. The zero-order valence-corrected chi connectivity index (χ0v) is 19.4. The Kier molecular flexibility index (Phi) is 6.05. The quantitative estimate of drug-likeness (QED) is 0.328. The third-order valence-electron chi connectivity index (χ3n) is 6.07. The number of nitrogens with one attached hydrogen (secondary N) is 1. The SMILES string of the molecule is CCOCc1cc(NCC2c3ccccc3Cc3ccccc32)c2c(Cl)cc(Cl)cc2n1. The maximum Gasteiger partial charge on any atom is 0.0888 e. The zero-order valence-electron chi connectivity index (χ0n) is 17.9. The van der Waals surface area contributed by atoms with Gasteiger partial charge in [0.1, 0.15) is 0 Å². The van der Waals surface area contributed by atoms with Crippen LogP contribution in [0.4, 0.5) is 5.69 Å². The Morgan fingerprint density at radius 1 is 0.969 bits per heavy atom. The van der Waals surface area contributed by atoms with Crippen LogP contribution in [0.15, 0.2) is 66.7 Å². The van der Waals surface area contributed by atoms with Crippen LogP contribution in [0.3, 0.4) is 0 Å². The number of nitrogens with zero attached hydrogens (tertiary/aromatic N) is 1. The van der Waals surface area contributed by atoms with Gasteiger partial charge in [0, 0.05) is 35.2 Å². The van der Waals surface area contributed by atoms with Crippen LogP contribution in [0.2, 0.25) is 10.0 Å². The summed E-state index contributed by atoms with van der Waals surface area (Å²) in [7, 11) is 0. The number of aromatic nitrogens is 1. The largest absolute Gasteiger partial charge is 0.383 e. The number of ether oxygens (including phenoxy) is 1. The van der Waals surface area contributed by atoms with E-state index in [1.807, 2.05) is 19.1 Å². The van der Waals surface area contributed by atoms with Crippen molar-refractivity contribution in [3.8, 4) is 0 Å². The van der Waals surface area contributed by atoms with Crippen molar-refractivity contribution in [2.24, 2.45) is 0 Å². The molecular formula is C27H24Cl2N2O. The summed E-state index contributed by atoms with van der Waals surface area (Å²) in [6.45, 7) is 3.81. The van der Waals surface area contributed by atoms with Gasteiger partial charge in [-0.05, 0) is 53.8 Å². The van der Waals surface area contributed by atoms with Gasteiger partial charge in [-0.3, -0.25) is 4.98 Å². The van der Waals surface area contributed by atoms with E-state index in [9.17, 15) is 0 Å². The highest BCUT2D eigenvalue weighted by molar-refractivity contribution is 6.39. The van der Waals surface area contributed by atoms with E-state index >= 15 is 0 Å². The van der Waals surface area contributed by atoms with Crippen LogP contribution in [-0.2, 0) is 17.8 Å². The summed E-state index contributed by atoms with van der Waals surface area (Å²) >= 11 is 12.9. The second-order valence-electron chi connectivity index (χ2n) is 8.09. The Balaban J connectivity index is 1.54. The van der Waals surface area contributed by atoms with Crippen molar-refractivity contribution in [2.75, 3.05) is 18.5 Å². The Morgan fingerprint density at radius 2 is 1.66 bits per heavy atom. The molecule has 1 aromatic heterocycles. The minimum absolute atomic E-state index is 0.251. The van der Waals surface area contributed by atoms with Crippen LogP contribution >= 0.6 is 23.2 Å². The molecule has 0 saturated carbocycles. The fourth-order valence-corrected chi connectivity index (χ4v) is 5.22. The number of pyridine rings is 1. The molecule has 0 unspecified atom stereocenters. The number of hydrogen-bond acceptors (Lipinski definition) is 3. The summed E-state index contributed by atoms with van der Waals surface area (Å²) in [5.74, 6) is 0.251. The van der Waals surface area contributed by atoms with E-state index in [2.05, 4.69) is 53.8 Å². The first-order valence-electron chi connectivity index (χ1n) is 10.9. The monoisotopic (exact) mass is 462 g/mol. The fraction of sp³-hybridized carbons (Fsp3) is 0.222. The van der Waals surface area contributed by atoms with Gasteiger partial charge < -0.3 is 10.1 Å². The molecule has 1 aliphatic carbocycles. The third-order valence-corrected chi connectivity index (χ3v) is 6.59. The zero-order chi connectivity index (χ0) is 22.1. The lowest BCUT2D eigenvalue weighted by atomic mass is 9.78. The number of benzene rings is 3. The number of rotatable bonds is 6. The normalized spacial score (nSPS) is 13.1. The summed E-state index contributed by atoms with van der Waals surface area (Å²) in [5, 5.41) is 5.74. The molecule has 0 spiro atoms. The van der Waals surface area contributed by atoms with E-state index in [1.54, 1.807) is 6.07 Å². The molecular weight excluding hydrogens is 439 g/mol. The molecule has 5 rings (SSSR count). The number of halogens is 2. The molecule has 1 N–H and O–H groups in total. The van der Waals surface area contributed by atoms with Crippen LogP contribution in [0.5, 0.6) is 0 Å². The van der Waals surface area contributed by atoms with Crippen molar-refractivity contribution in [1.82, 2.24) is 4.98 Å². The van der Waals surface area contributed by atoms with E-state index in [4.69, 9.17) is 32.9 Å². The van der Waals surface area contributed by atoms with Crippen LogP contribution in [0, 0.1) is 0 Å². The van der Waals surface area contributed by atoms with E-state index in [1.165, 1.54) is 22.3 Å². The Morgan fingerprint density at radius 3 is 2.34 bits per heavy atom. The van der Waals surface area contributed by atoms with Crippen molar-refractivity contribution in [2.45, 2.75) is 25.9 Å². The van der Waals surface area contributed by atoms with Crippen LogP contribution < -0.4 is 5.32 Å². The van der Waals surface area contributed by atoms with Gasteiger partial charge >= 0.3 is 0 Å². The van der Waals surface area contributed by atoms with E-state index < -0.39 is 0 Å². The maximum atomic E-state index is 6.61. The molecule has 0 aliphatic heterocycles. The highest BCUT2D eigenvalue weighted by atomic mass is 35.5. The molecule has 3 nitrogen and oxygen atoms in total. The molecule has 0 radical (unpaired) electrons. The third kappa shape index (κ3) is 4.09. The maximum absolute atomic E-state index is 6.61. The van der Waals surface area contributed by atoms with E-state index in [0.717, 1.165) is 35.2 Å². The van der Waals surface area contributed by atoms with Gasteiger partial charge in [0.05, 0.1) is 22.8 Å². The second kappa shape index (κ2) is 9.11. The molecule has 0 saturated heterocycles. The highest BCUT2D eigenvalue weighted by Gasteiger charge is 2.25. The average Bonchev–Trinajstić information content (AvgIpc) is 2.79. The molecule has 0 bridgehead atoms. The predicted octanol–water partition coefficient (Wildman–Crippen LogP) is 7.23. The molecule has 5 heteroatoms. The van der Waals surface area contributed by atoms with Gasteiger partial charge in [-0.15, -0.1) is 0 Å². The molecule has 4 aromatic rings. The molecule has 0 atom stereocenters. The first-order chi connectivity index (χ1) is 15.6. The molecule has 0 amide bonds. The van der Waals surface area contributed by atoms with Gasteiger partial charge in [0.2, 0.25) is 0 Å². The summed E-state index contributed by atoms with van der Waals surface area (Å²) in [5.41, 5.74) is 8.10. The standard InChI is InChI=1S/C27H24Cl2N2O/c1-2-32-16-20-14-25(27-24(29)12-19(28)13-26(27)31-20)30-15-23-21-9-5-3-7-17(21)11-18-8-4-6-10-22(18)23/h3-10,12-14,23H,2,11,15-16H2,1H3,(H,30,31). The smallest absolute Gasteiger partial charge is 0.0888 e. The van der Waals surface area contributed by atoms with Gasteiger partial charge in [-0.25, -0.2) is 0 Å². The number of fused-ring (bicyclic) bond motifs is 3. The summed E-state index contributed by atoms with van der Waals surface area (Å²) in [4.78, 5) is 4.73. The summed E-state index contributed by atoms with van der Waals surface area (Å²) in [6.07, 6.45) is 0.976. The first kappa shape index (κ1) is 21.3.